The Bertz CT molecular complexity index is 360. The van der Waals surface area contributed by atoms with E-state index in [2.05, 4.69) is 5.16 Å². The zero-order valence-electron chi connectivity index (χ0n) is 8.06. The second-order valence-electron chi connectivity index (χ2n) is 3.38. The van der Waals surface area contributed by atoms with E-state index in [9.17, 15) is 4.79 Å². The van der Waals surface area contributed by atoms with Crippen LogP contribution in [0.1, 0.15) is 11.5 Å². The van der Waals surface area contributed by atoms with E-state index in [1.165, 1.54) is 0 Å². The molecule has 0 saturated heterocycles. The Hall–Kier alpha value is -1.58. The van der Waals surface area contributed by atoms with Crippen LogP contribution in [-0.4, -0.2) is 29.1 Å². The maximum Gasteiger partial charge on any atom is 0.230 e. The summed E-state index contributed by atoms with van der Waals surface area (Å²) >= 11 is 0. The normalized spacial score (nSPS) is 15.1. The predicted octanol–water partition coefficient (Wildman–Crippen LogP) is 0.924. The van der Waals surface area contributed by atoms with Crippen LogP contribution in [0.4, 0.5) is 0 Å². The van der Waals surface area contributed by atoms with Crippen molar-refractivity contribution >= 4 is 5.91 Å². The summed E-state index contributed by atoms with van der Waals surface area (Å²) in [7, 11) is 0. The highest BCUT2D eigenvalue weighted by Crippen LogP contribution is 2.07. The fourth-order valence-electron chi connectivity index (χ4n) is 1.44. The van der Waals surface area contributed by atoms with Crippen LogP contribution in [0.15, 0.2) is 22.7 Å². The lowest BCUT2D eigenvalue weighted by Gasteiger charge is -2.13. The molecule has 1 aliphatic rings. The van der Waals surface area contributed by atoms with Crippen LogP contribution in [0, 0.1) is 6.92 Å². The quantitative estimate of drug-likeness (QED) is 0.655. The van der Waals surface area contributed by atoms with Crippen LogP contribution < -0.4 is 0 Å². The Morgan fingerprint density at radius 2 is 2.29 bits per heavy atom. The highest BCUT2D eigenvalue weighted by molar-refractivity contribution is 5.78. The lowest BCUT2D eigenvalue weighted by atomic mass is 10.3. The van der Waals surface area contributed by atoms with Gasteiger partial charge in [-0.15, -0.1) is 0 Å². The molecule has 0 saturated carbocycles. The number of carbonyl (C=O) groups excluding carboxylic acids is 1. The minimum absolute atomic E-state index is 0.0890. The molecule has 0 radical (unpaired) electrons. The van der Waals surface area contributed by atoms with Gasteiger partial charge < -0.3 is 9.42 Å². The van der Waals surface area contributed by atoms with E-state index in [4.69, 9.17) is 4.52 Å². The zero-order valence-corrected chi connectivity index (χ0v) is 8.06. The number of aromatic nitrogens is 1. The van der Waals surface area contributed by atoms with E-state index in [1.54, 1.807) is 11.0 Å². The van der Waals surface area contributed by atoms with Crippen LogP contribution in [0.25, 0.3) is 0 Å². The second-order valence-corrected chi connectivity index (χ2v) is 3.38. The lowest BCUT2D eigenvalue weighted by Crippen LogP contribution is -2.29. The monoisotopic (exact) mass is 192 g/mol. The van der Waals surface area contributed by atoms with E-state index >= 15 is 0 Å². The molecule has 1 aromatic heterocycles. The Balaban J connectivity index is 1.94. The predicted molar refractivity (Wildman–Crippen MR) is 50.7 cm³/mol. The number of amides is 1. The molecule has 0 spiro atoms. The molecule has 2 rings (SSSR count). The van der Waals surface area contributed by atoms with Crippen molar-refractivity contribution in [1.29, 1.82) is 0 Å². The molecule has 74 valence electrons. The molecule has 0 aliphatic carbocycles. The maximum absolute atomic E-state index is 11.6. The molecule has 0 N–H and O–H groups in total. The molecule has 1 aliphatic heterocycles. The zero-order chi connectivity index (χ0) is 9.97. The first-order chi connectivity index (χ1) is 6.75. The summed E-state index contributed by atoms with van der Waals surface area (Å²) in [4.78, 5) is 13.4. The molecule has 0 fully saturated rings. The standard InChI is InChI=1S/C10H12N2O2/c1-8-6-9(14-11-8)7-10(13)12-4-2-3-5-12/h2-3,6H,4-5,7H2,1H3. The molecule has 0 bridgehead atoms. The van der Waals surface area contributed by atoms with Crippen LogP contribution in [0.3, 0.4) is 0 Å². The molecule has 0 aromatic carbocycles. The van der Waals surface area contributed by atoms with Crippen LogP contribution in [0.2, 0.25) is 0 Å². The third-order valence-electron chi connectivity index (χ3n) is 2.17. The number of hydrogen-bond acceptors (Lipinski definition) is 3. The minimum atomic E-state index is 0.0890. The Labute approximate surface area is 82.2 Å². The van der Waals surface area contributed by atoms with Crippen molar-refractivity contribution in [2.75, 3.05) is 13.1 Å². The van der Waals surface area contributed by atoms with Gasteiger partial charge in [0.2, 0.25) is 5.91 Å². The van der Waals surface area contributed by atoms with Crippen molar-refractivity contribution in [2.45, 2.75) is 13.3 Å². The highest BCUT2D eigenvalue weighted by atomic mass is 16.5. The molecule has 0 unspecified atom stereocenters. The maximum atomic E-state index is 11.6. The third kappa shape index (κ3) is 1.84. The lowest BCUT2D eigenvalue weighted by molar-refractivity contribution is -0.129. The molecule has 14 heavy (non-hydrogen) atoms. The van der Waals surface area contributed by atoms with Gasteiger partial charge in [-0.3, -0.25) is 4.79 Å². The summed E-state index contributed by atoms with van der Waals surface area (Å²) in [6, 6.07) is 1.79. The van der Waals surface area contributed by atoms with E-state index in [1.807, 2.05) is 19.1 Å². The molecule has 1 amide bonds. The van der Waals surface area contributed by atoms with Gasteiger partial charge in [-0.1, -0.05) is 17.3 Å². The number of hydrogen-bond donors (Lipinski definition) is 0. The summed E-state index contributed by atoms with van der Waals surface area (Å²) in [5.74, 6) is 0.727. The van der Waals surface area contributed by atoms with Gasteiger partial charge in [-0.05, 0) is 6.92 Å². The Kier molecular flexibility index (Phi) is 2.35. The molecule has 4 heteroatoms. The summed E-state index contributed by atoms with van der Waals surface area (Å²) < 4.78 is 4.98. The first kappa shape index (κ1) is 8.99. The topological polar surface area (TPSA) is 46.3 Å². The molecule has 1 aromatic rings. The first-order valence-corrected chi connectivity index (χ1v) is 4.60. The van der Waals surface area contributed by atoms with E-state index < -0.39 is 0 Å². The van der Waals surface area contributed by atoms with Gasteiger partial charge in [0.15, 0.2) is 0 Å². The van der Waals surface area contributed by atoms with Crippen molar-refractivity contribution in [3.63, 3.8) is 0 Å². The second kappa shape index (κ2) is 3.65. The summed E-state index contributed by atoms with van der Waals surface area (Å²) in [5, 5.41) is 3.73. The molecule has 4 nitrogen and oxygen atoms in total. The minimum Gasteiger partial charge on any atom is -0.361 e. The van der Waals surface area contributed by atoms with Gasteiger partial charge >= 0.3 is 0 Å². The smallest absolute Gasteiger partial charge is 0.230 e. The fourth-order valence-corrected chi connectivity index (χ4v) is 1.44. The Morgan fingerprint density at radius 3 is 2.86 bits per heavy atom. The summed E-state index contributed by atoms with van der Waals surface area (Å²) in [6.45, 7) is 3.27. The van der Waals surface area contributed by atoms with Gasteiger partial charge in [-0.25, -0.2) is 0 Å². The summed E-state index contributed by atoms with van der Waals surface area (Å²) in [6.07, 6.45) is 4.29. The first-order valence-electron chi connectivity index (χ1n) is 4.60. The van der Waals surface area contributed by atoms with Crippen molar-refractivity contribution in [3.05, 3.63) is 29.7 Å². The number of nitrogens with zero attached hydrogens (tertiary/aromatic N) is 2. The van der Waals surface area contributed by atoms with E-state index in [-0.39, 0.29) is 5.91 Å². The number of aryl methyl sites for hydroxylation is 1. The highest BCUT2D eigenvalue weighted by Gasteiger charge is 2.16. The van der Waals surface area contributed by atoms with Gasteiger partial charge in [0.05, 0.1) is 12.1 Å². The molecular weight excluding hydrogens is 180 g/mol. The number of carbonyl (C=O) groups is 1. The van der Waals surface area contributed by atoms with Crippen molar-refractivity contribution in [3.8, 4) is 0 Å². The van der Waals surface area contributed by atoms with Gasteiger partial charge in [0.1, 0.15) is 5.76 Å². The third-order valence-corrected chi connectivity index (χ3v) is 2.17. The molecular formula is C10H12N2O2. The molecule has 2 heterocycles. The van der Waals surface area contributed by atoms with Crippen LogP contribution in [0.5, 0.6) is 0 Å². The van der Waals surface area contributed by atoms with Crippen molar-refractivity contribution < 1.29 is 9.32 Å². The SMILES string of the molecule is Cc1cc(CC(=O)N2CC=CC2)on1. The summed E-state index contributed by atoms with van der Waals surface area (Å²) in [5.41, 5.74) is 0.812. The van der Waals surface area contributed by atoms with Crippen molar-refractivity contribution in [1.82, 2.24) is 10.1 Å². The van der Waals surface area contributed by atoms with Gasteiger partial charge in [0, 0.05) is 19.2 Å². The largest absolute Gasteiger partial charge is 0.361 e. The Morgan fingerprint density at radius 1 is 1.57 bits per heavy atom. The number of rotatable bonds is 2. The van der Waals surface area contributed by atoms with Crippen LogP contribution in [-0.2, 0) is 11.2 Å². The fraction of sp³-hybridized carbons (Fsp3) is 0.400. The van der Waals surface area contributed by atoms with Crippen LogP contribution >= 0.6 is 0 Å². The van der Waals surface area contributed by atoms with Gasteiger partial charge in [-0.2, -0.15) is 0 Å². The van der Waals surface area contributed by atoms with E-state index in [0.29, 0.717) is 25.3 Å². The van der Waals surface area contributed by atoms with E-state index in [0.717, 1.165) is 5.69 Å². The average molecular weight is 192 g/mol. The van der Waals surface area contributed by atoms with Crippen molar-refractivity contribution in [2.24, 2.45) is 0 Å². The average Bonchev–Trinajstić information content (AvgIpc) is 2.75. The van der Waals surface area contributed by atoms with Gasteiger partial charge in [0.25, 0.3) is 0 Å². The molecule has 0 atom stereocenters.